The molecule has 0 radical (unpaired) electrons. The molecule has 4 rings (SSSR count). The van der Waals surface area contributed by atoms with E-state index in [1.807, 2.05) is 19.9 Å². The number of aromatic nitrogens is 3. The van der Waals surface area contributed by atoms with E-state index in [-0.39, 0.29) is 6.04 Å². The first kappa shape index (κ1) is 17.9. The van der Waals surface area contributed by atoms with Crippen molar-refractivity contribution in [2.75, 3.05) is 13.7 Å². The Bertz CT molecular complexity index is 1010. The molecule has 5 nitrogen and oxygen atoms in total. The maximum atomic E-state index is 5.30. The summed E-state index contributed by atoms with van der Waals surface area (Å²) < 4.78 is 6.46. The summed E-state index contributed by atoms with van der Waals surface area (Å²) >= 11 is 1.70. The summed E-state index contributed by atoms with van der Waals surface area (Å²) in [6.07, 6.45) is 4.30. The van der Waals surface area contributed by atoms with Gasteiger partial charge in [-0.1, -0.05) is 0 Å². The molecule has 1 atom stereocenters. The highest BCUT2D eigenvalue weighted by Gasteiger charge is 2.21. The third-order valence-corrected chi connectivity index (χ3v) is 5.90. The van der Waals surface area contributed by atoms with Crippen LogP contribution < -0.4 is 4.74 Å². The van der Waals surface area contributed by atoms with E-state index in [0.29, 0.717) is 5.88 Å². The zero-order valence-corrected chi connectivity index (χ0v) is 17.0. The second kappa shape index (κ2) is 7.27. The number of methoxy groups -OCH3 is 1. The average Bonchev–Trinajstić information content (AvgIpc) is 3.25. The molecule has 1 aliphatic heterocycles. The van der Waals surface area contributed by atoms with Crippen LogP contribution in [-0.4, -0.2) is 33.5 Å². The van der Waals surface area contributed by atoms with Gasteiger partial charge in [-0.25, -0.2) is 15.0 Å². The monoisotopic (exact) mass is 380 g/mol. The summed E-state index contributed by atoms with van der Waals surface area (Å²) in [6.45, 7) is 7.27. The van der Waals surface area contributed by atoms with Gasteiger partial charge in [0.05, 0.1) is 28.6 Å². The first-order chi connectivity index (χ1) is 13.0. The Kier molecular flexibility index (Phi) is 4.83. The van der Waals surface area contributed by atoms with Gasteiger partial charge in [0.25, 0.3) is 0 Å². The zero-order chi connectivity index (χ0) is 19.0. The number of nitrogens with zero attached hydrogens (tertiary/aromatic N) is 4. The van der Waals surface area contributed by atoms with Crippen LogP contribution in [0.5, 0.6) is 5.88 Å². The topological polar surface area (TPSA) is 51.1 Å². The lowest BCUT2D eigenvalue weighted by atomic mass is 10.1. The number of thiazole rings is 1. The zero-order valence-electron chi connectivity index (χ0n) is 16.2. The Morgan fingerprint density at radius 1 is 1.19 bits per heavy atom. The number of ether oxygens (including phenoxy) is 1. The number of aryl methyl sites for hydroxylation is 2. The lowest BCUT2D eigenvalue weighted by Gasteiger charge is -2.23. The highest BCUT2D eigenvalue weighted by Crippen LogP contribution is 2.29. The summed E-state index contributed by atoms with van der Waals surface area (Å²) in [6, 6.07) is 8.68. The Labute approximate surface area is 163 Å². The standard InChI is InChI=1S/C21H24N4OS/c1-13-9-17(11-20(22-13)26-4)10-16-7-8-25(12-16)14(2)18-5-6-19-21(24-18)23-15(3)27-19/h5-6,9,11-12,14H,7-8,10H2,1-4H3/t14-/m1/s1. The fourth-order valence-corrected chi connectivity index (χ4v) is 4.36. The molecule has 0 spiro atoms. The van der Waals surface area contributed by atoms with E-state index < -0.39 is 0 Å². The van der Waals surface area contributed by atoms with Crippen molar-refractivity contribution >= 4 is 21.7 Å². The molecule has 1 aliphatic rings. The van der Waals surface area contributed by atoms with Gasteiger partial charge < -0.3 is 9.64 Å². The van der Waals surface area contributed by atoms with Crippen LogP contribution in [0.3, 0.4) is 0 Å². The van der Waals surface area contributed by atoms with Crippen molar-refractivity contribution < 1.29 is 4.74 Å². The van der Waals surface area contributed by atoms with Gasteiger partial charge in [0.2, 0.25) is 5.88 Å². The van der Waals surface area contributed by atoms with Gasteiger partial charge in [0.15, 0.2) is 5.65 Å². The van der Waals surface area contributed by atoms with Crippen LogP contribution in [0.2, 0.25) is 0 Å². The minimum Gasteiger partial charge on any atom is -0.481 e. The molecular formula is C21H24N4OS. The Balaban J connectivity index is 1.51. The van der Waals surface area contributed by atoms with Gasteiger partial charge in [0.1, 0.15) is 0 Å². The molecule has 0 aliphatic carbocycles. The molecule has 27 heavy (non-hydrogen) atoms. The van der Waals surface area contributed by atoms with Crippen molar-refractivity contribution in [3.05, 3.63) is 58.0 Å². The van der Waals surface area contributed by atoms with Crippen molar-refractivity contribution in [2.24, 2.45) is 0 Å². The minimum atomic E-state index is 0.239. The summed E-state index contributed by atoms with van der Waals surface area (Å²) in [4.78, 5) is 16.1. The third kappa shape index (κ3) is 3.81. The van der Waals surface area contributed by atoms with Crippen LogP contribution >= 0.6 is 11.3 Å². The van der Waals surface area contributed by atoms with Gasteiger partial charge in [-0.05, 0) is 69.1 Å². The van der Waals surface area contributed by atoms with Crippen molar-refractivity contribution in [1.29, 1.82) is 0 Å². The van der Waals surface area contributed by atoms with Crippen LogP contribution in [0.25, 0.3) is 10.3 Å². The Morgan fingerprint density at radius 2 is 2.04 bits per heavy atom. The predicted octanol–water partition coefficient (Wildman–Crippen LogP) is 4.61. The molecule has 0 unspecified atom stereocenters. The second-order valence-corrected chi connectivity index (χ2v) is 8.31. The maximum absolute atomic E-state index is 5.30. The van der Waals surface area contributed by atoms with Crippen molar-refractivity contribution in [1.82, 2.24) is 19.9 Å². The predicted molar refractivity (Wildman–Crippen MR) is 109 cm³/mol. The van der Waals surface area contributed by atoms with Gasteiger partial charge in [-0.3, -0.25) is 0 Å². The first-order valence-corrected chi connectivity index (χ1v) is 10.0. The summed E-state index contributed by atoms with van der Waals surface area (Å²) in [7, 11) is 1.66. The largest absolute Gasteiger partial charge is 0.481 e. The van der Waals surface area contributed by atoms with E-state index in [1.165, 1.54) is 11.1 Å². The number of pyridine rings is 2. The first-order valence-electron chi connectivity index (χ1n) is 9.23. The number of fused-ring (bicyclic) bond motifs is 1. The van der Waals surface area contributed by atoms with E-state index in [9.17, 15) is 0 Å². The molecule has 0 fully saturated rings. The van der Waals surface area contributed by atoms with Crippen molar-refractivity contribution in [3.8, 4) is 5.88 Å². The molecule has 6 heteroatoms. The van der Waals surface area contributed by atoms with E-state index >= 15 is 0 Å². The molecule has 0 amide bonds. The van der Waals surface area contributed by atoms with Gasteiger partial charge in [-0.15, -0.1) is 11.3 Å². The van der Waals surface area contributed by atoms with Crippen molar-refractivity contribution in [2.45, 2.75) is 39.7 Å². The normalized spacial score (nSPS) is 15.3. The molecule has 0 saturated heterocycles. The smallest absolute Gasteiger partial charge is 0.213 e. The number of hydrogen-bond donors (Lipinski definition) is 0. The molecule has 140 valence electrons. The maximum Gasteiger partial charge on any atom is 0.213 e. The van der Waals surface area contributed by atoms with Crippen LogP contribution in [0.15, 0.2) is 36.0 Å². The average molecular weight is 381 g/mol. The highest BCUT2D eigenvalue weighted by molar-refractivity contribution is 7.18. The molecule has 4 heterocycles. The number of hydrogen-bond acceptors (Lipinski definition) is 6. The fourth-order valence-electron chi connectivity index (χ4n) is 3.60. The fraction of sp³-hybridized carbons (Fsp3) is 0.381. The summed E-state index contributed by atoms with van der Waals surface area (Å²) in [5, 5.41) is 1.06. The van der Waals surface area contributed by atoms with E-state index in [2.05, 4.69) is 46.2 Å². The molecule has 0 aromatic carbocycles. The Hall–Kier alpha value is -2.47. The highest BCUT2D eigenvalue weighted by atomic mass is 32.1. The molecule has 3 aromatic heterocycles. The quantitative estimate of drug-likeness (QED) is 0.647. The van der Waals surface area contributed by atoms with Crippen LogP contribution in [0.1, 0.15) is 41.3 Å². The lowest BCUT2D eigenvalue weighted by Crippen LogP contribution is -2.19. The molecule has 0 N–H and O–H groups in total. The van der Waals surface area contributed by atoms with Gasteiger partial charge >= 0.3 is 0 Å². The van der Waals surface area contributed by atoms with Crippen LogP contribution in [0.4, 0.5) is 0 Å². The van der Waals surface area contributed by atoms with Crippen molar-refractivity contribution in [3.63, 3.8) is 0 Å². The molecule has 0 saturated carbocycles. The van der Waals surface area contributed by atoms with Crippen LogP contribution in [-0.2, 0) is 6.42 Å². The molecular weight excluding hydrogens is 356 g/mol. The SMILES string of the molecule is COc1cc(CC2=CN([C@H](C)c3ccc4sc(C)nc4n3)CC2)cc(C)n1. The van der Waals surface area contributed by atoms with E-state index in [1.54, 1.807) is 18.4 Å². The summed E-state index contributed by atoms with van der Waals surface area (Å²) in [5.74, 6) is 0.685. The van der Waals surface area contributed by atoms with Gasteiger partial charge in [0, 0.05) is 18.3 Å². The third-order valence-electron chi connectivity index (χ3n) is 4.98. The number of rotatable bonds is 5. The molecule has 0 bridgehead atoms. The second-order valence-electron chi connectivity index (χ2n) is 7.08. The van der Waals surface area contributed by atoms with Gasteiger partial charge in [-0.2, -0.15) is 0 Å². The van der Waals surface area contributed by atoms with E-state index in [0.717, 1.165) is 46.1 Å². The van der Waals surface area contributed by atoms with E-state index in [4.69, 9.17) is 9.72 Å². The summed E-state index contributed by atoms with van der Waals surface area (Å²) in [5.41, 5.74) is 5.61. The van der Waals surface area contributed by atoms with Crippen LogP contribution in [0, 0.1) is 13.8 Å². The lowest BCUT2D eigenvalue weighted by molar-refractivity contribution is 0.317. The molecule has 3 aromatic rings. The minimum absolute atomic E-state index is 0.239. The Morgan fingerprint density at radius 3 is 2.85 bits per heavy atom.